The lowest BCUT2D eigenvalue weighted by Crippen LogP contribution is -2.26. The van der Waals surface area contributed by atoms with E-state index in [4.69, 9.17) is 14.2 Å². The Morgan fingerprint density at radius 1 is 0.537 bits per heavy atom. The summed E-state index contributed by atoms with van der Waals surface area (Å²) in [5.74, 6) is 2.84. The summed E-state index contributed by atoms with van der Waals surface area (Å²) >= 11 is 0. The van der Waals surface area contributed by atoms with Crippen LogP contribution in [0.15, 0.2) is 94.7 Å². The molecule has 6 heteroatoms. The van der Waals surface area contributed by atoms with E-state index in [2.05, 4.69) is 58.0 Å². The minimum absolute atomic E-state index is 0.0324. The zero-order valence-electron chi connectivity index (χ0n) is 24.4. The third-order valence-electron chi connectivity index (χ3n) is 8.93. The Hall–Kier alpha value is -3.77. The lowest BCUT2D eigenvalue weighted by Gasteiger charge is -2.30. The van der Waals surface area contributed by atoms with Crippen molar-refractivity contribution >= 4 is 9.84 Å². The van der Waals surface area contributed by atoms with Gasteiger partial charge in [-0.05, 0) is 119 Å². The number of sulfone groups is 1. The van der Waals surface area contributed by atoms with Gasteiger partial charge in [-0.25, -0.2) is 8.42 Å². The summed E-state index contributed by atoms with van der Waals surface area (Å²) in [4.78, 5) is 0.433. The van der Waals surface area contributed by atoms with Gasteiger partial charge in [-0.3, -0.25) is 0 Å². The Bertz CT molecular complexity index is 1730. The van der Waals surface area contributed by atoms with Crippen LogP contribution in [0, 0.1) is 0 Å². The molecule has 212 valence electrons. The molecule has 0 heterocycles. The monoisotopic (exact) mass is 568 g/mol. The molecule has 0 aliphatic heterocycles. The van der Waals surface area contributed by atoms with Crippen LogP contribution < -0.4 is 14.2 Å². The van der Waals surface area contributed by atoms with E-state index >= 15 is 0 Å². The number of fused-ring (bicyclic) bond motifs is 4. The van der Waals surface area contributed by atoms with E-state index in [1.165, 1.54) is 22.3 Å². The zero-order chi connectivity index (χ0) is 29.2. The van der Waals surface area contributed by atoms with Crippen molar-refractivity contribution in [1.82, 2.24) is 0 Å². The second-order valence-corrected chi connectivity index (χ2v) is 14.5. The molecule has 0 amide bonds. The van der Waals surface area contributed by atoms with Crippen molar-refractivity contribution in [1.29, 1.82) is 0 Å². The van der Waals surface area contributed by atoms with E-state index in [0.717, 1.165) is 24.3 Å². The first-order valence-electron chi connectivity index (χ1n) is 13.9. The molecule has 0 radical (unpaired) electrons. The van der Waals surface area contributed by atoms with Crippen molar-refractivity contribution < 1.29 is 22.6 Å². The highest BCUT2D eigenvalue weighted by molar-refractivity contribution is 7.91. The highest BCUT2D eigenvalue weighted by Gasteiger charge is 2.56. The van der Waals surface area contributed by atoms with Gasteiger partial charge in [-0.1, -0.05) is 39.8 Å². The van der Waals surface area contributed by atoms with Crippen molar-refractivity contribution in [3.05, 3.63) is 107 Å². The van der Waals surface area contributed by atoms with Crippen molar-refractivity contribution in [3.8, 4) is 23.0 Å². The second kappa shape index (κ2) is 9.38. The molecule has 4 aromatic rings. The van der Waals surface area contributed by atoms with Crippen LogP contribution in [0.3, 0.4) is 0 Å². The number of ether oxygens (including phenoxy) is 3. The summed E-state index contributed by atoms with van der Waals surface area (Å²) < 4.78 is 43.2. The molecular formula is C35H36O5S. The van der Waals surface area contributed by atoms with Gasteiger partial charge in [0.15, 0.2) is 0 Å². The average Bonchev–Trinajstić information content (AvgIpc) is 3.32. The van der Waals surface area contributed by atoms with Crippen LogP contribution in [0.2, 0.25) is 0 Å². The Morgan fingerprint density at radius 3 is 1.44 bits per heavy atom. The summed E-state index contributed by atoms with van der Waals surface area (Å²) in [7, 11) is -0.373. The standard InChI is InChI=1S/C35H36O5S/c1-33(2)21-35(29-17-11-25(39-6)19-31(29)33)22-34(3,4)32-20-26(12-18-30(32)35)40-24-9-15-28(16-10-24)41(36,37)27-13-7-23(38-5)8-14-27/h7-20H,21-22H2,1-6H3. The highest BCUT2D eigenvalue weighted by Crippen LogP contribution is 2.63. The number of hydrogen-bond acceptors (Lipinski definition) is 5. The molecule has 2 aliphatic rings. The summed E-state index contributed by atoms with van der Waals surface area (Å²) in [6.45, 7) is 9.30. The fourth-order valence-corrected chi connectivity index (χ4v) is 8.45. The molecule has 6 rings (SSSR count). The van der Waals surface area contributed by atoms with Crippen LogP contribution in [0.1, 0.15) is 62.8 Å². The van der Waals surface area contributed by atoms with Gasteiger partial charge >= 0.3 is 0 Å². The first kappa shape index (κ1) is 27.4. The normalized spacial score (nSPS) is 20.0. The Labute approximate surface area is 243 Å². The number of benzene rings is 4. The fraction of sp³-hybridized carbons (Fsp3) is 0.314. The Balaban J connectivity index is 1.30. The molecule has 1 spiro atoms. The fourth-order valence-electron chi connectivity index (χ4n) is 7.19. The van der Waals surface area contributed by atoms with Gasteiger partial charge < -0.3 is 14.2 Å². The summed E-state index contributed by atoms with van der Waals surface area (Å²) in [6.07, 6.45) is 2.07. The molecule has 0 aromatic heterocycles. The van der Waals surface area contributed by atoms with E-state index in [9.17, 15) is 8.42 Å². The van der Waals surface area contributed by atoms with Crippen molar-refractivity contribution in [2.45, 2.75) is 66.6 Å². The first-order valence-corrected chi connectivity index (χ1v) is 15.4. The molecule has 0 bridgehead atoms. The molecule has 0 N–H and O–H groups in total. The molecular weight excluding hydrogens is 532 g/mol. The van der Waals surface area contributed by atoms with Crippen LogP contribution in [-0.2, 0) is 26.1 Å². The molecule has 1 atom stereocenters. The van der Waals surface area contributed by atoms with E-state index in [1.807, 2.05) is 6.07 Å². The van der Waals surface area contributed by atoms with Gasteiger partial charge in [-0.2, -0.15) is 0 Å². The molecule has 1 unspecified atom stereocenters. The zero-order valence-corrected chi connectivity index (χ0v) is 25.3. The van der Waals surface area contributed by atoms with Gasteiger partial charge in [-0.15, -0.1) is 0 Å². The smallest absolute Gasteiger partial charge is 0.206 e. The minimum atomic E-state index is -3.65. The van der Waals surface area contributed by atoms with Gasteiger partial charge in [0, 0.05) is 5.41 Å². The van der Waals surface area contributed by atoms with Crippen LogP contribution in [-0.4, -0.2) is 22.6 Å². The maximum Gasteiger partial charge on any atom is 0.206 e. The highest BCUT2D eigenvalue weighted by atomic mass is 32.2. The van der Waals surface area contributed by atoms with Crippen LogP contribution in [0.5, 0.6) is 23.0 Å². The molecule has 41 heavy (non-hydrogen) atoms. The van der Waals surface area contributed by atoms with Gasteiger partial charge in [0.05, 0.1) is 24.0 Å². The first-order chi connectivity index (χ1) is 19.4. The van der Waals surface area contributed by atoms with Crippen molar-refractivity contribution in [2.75, 3.05) is 14.2 Å². The Kier molecular flexibility index (Phi) is 6.27. The molecule has 0 fully saturated rings. The maximum absolute atomic E-state index is 13.1. The third kappa shape index (κ3) is 4.40. The quantitative estimate of drug-likeness (QED) is 0.236. The SMILES string of the molecule is COc1ccc(S(=O)(=O)c2ccc(Oc3ccc4c(c3)C(C)(C)CC43CC(C)(C)c4cc(OC)ccc43)cc2)cc1. The molecule has 0 saturated heterocycles. The van der Waals surface area contributed by atoms with Gasteiger partial charge in [0.25, 0.3) is 0 Å². The van der Waals surface area contributed by atoms with Crippen LogP contribution in [0.25, 0.3) is 0 Å². The van der Waals surface area contributed by atoms with Gasteiger partial charge in [0.1, 0.15) is 23.0 Å². The molecule has 4 aromatic carbocycles. The van der Waals surface area contributed by atoms with E-state index in [1.54, 1.807) is 62.8 Å². The summed E-state index contributed by atoms with van der Waals surface area (Å²) in [6, 6.07) is 26.0. The van der Waals surface area contributed by atoms with E-state index in [-0.39, 0.29) is 26.0 Å². The number of hydrogen-bond donors (Lipinski definition) is 0. The van der Waals surface area contributed by atoms with Crippen molar-refractivity contribution in [3.63, 3.8) is 0 Å². The van der Waals surface area contributed by atoms with Crippen LogP contribution in [0.4, 0.5) is 0 Å². The van der Waals surface area contributed by atoms with Gasteiger partial charge in [0.2, 0.25) is 9.84 Å². The number of methoxy groups -OCH3 is 2. The lowest BCUT2D eigenvalue weighted by molar-refractivity contribution is 0.349. The predicted octanol–water partition coefficient (Wildman–Crippen LogP) is 7.98. The summed E-state index contributed by atoms with van der Waals surface area (Å²) in [5, 5.41) is 0. The summed E-state index contributed by atoms with van der Waals surface area (Å²) in [5.41, 5.74) is 5.37. The topological polar surface area (TPSA) is 61.8 Å². The molecule has 0 saturated carbocycles. The molecule has 2 aliphatic carbocycles. The Morgan fingerprint density at radius 2 is 0.951 bits per heavy atom. The van der Waals surface area contributed by atoms with E-state index < -0.39 is 9.84 Å². The van der Waals surface area contributed by atoms with Crippen LogP contribution >= 0.6 is 0 Å². The number of rotatable bonds is 6. The molecule has 5 nitrogen and oxygen atoms in total. The maximum atomic E-state index is 13.1. The minimum Gasteiger partial charge on any atom is -0.497 e. The van der Waals surface area contributed by atoms with E-state index in [0.29, 0.717) is 11.5 Å². The second-order valence-electron chi connectivity index (χ2n) is 12.6. The average molecular weight is 569 g/mol. The lowest BCUT2D eigenvalue weighted by atomic mass is 9.72. The largest absolute Gasteiger partial charge is 0.497 e. The third-order valence-corrected chi connectivity index (χ3v) is 10.7. The predicted molar refractivity (Wildman–Crippen MR) is 160 cm³/mol. The van der Waals surface area contributed by atoms with Crippen molar-refractivity contribution in [2.24, 2.45) is 0 Å².